The molecule has 0 saturated heterocycles. The summed E-state index contributed by atoms with van der Waals surface area (Å²) in [6.07, 6.45) is -0.661. The lowest BCUT2D eigenvalue weighted by Gasteiger charge is -2.21. The molecule has 26 heavy (non-hydrogen) atoms. The summed E-state index contributed by atoms with van der Waals surface area (Å²) in [6.45, 7) is 8.54. The minimum absolute atomic E-state index is 0.00893. The van der Waals surface area contributed by atoms with Crippen molar-refractivity contribution in [2.24, 2.45) is 0 Å². The van der Waals surface area contributed by atoms with Crippen molar-refractivity contribution in [2.75, 3.05) is 5.32 Å². The molecule has 1 aliphatic rings. The summed E-state index contributed by atoms with van der Waals surface area (Å²) < 4.78 is 5.83. The SMILES string of the molecule is C[C@H](Oc1cccc(C(C)(C)C)c1)C(=O)Nc1cccc2c1CNC2=O. The zero-order valence-electron chi connectivity index (χ0n) is 15.6. The van der Waals surface area contributed by atoms with Gasteiger partial charge >= 0.3 is 0 Å². The molecule has 2 aromatic carbocycles. The Morgan fingerprint density at radius 1 is 1.19 bits per heavy atom. The summed E-state index contributed by atoms with van der Waals surface area (Å²) >= 11 is 0. The lowest BCUT2D eigenvalue weighted by atomic mass is 9.87. The van der Waals surface area contributed by atoms with Gasteiger partial charge in [-0.15, -0.1) is 0 Å². The number of carbonyl (C=O) groups excluding carboxylic acids is 2. The standard InChI is InChI=1S/C21H24N2O3/c1-13(26-15-8-5-7-14(11-15)21(2,3)4)19(24)23-18-10-6-9-16-17(18)12-22-20(16)25/h5-11,13H,12H2,1-4H3,(H,22,25)(H,23,24)/t13-/m0/s1. The average Bonchev–Trinajstić information content (AvgIpc) is 2.97. The van der Waals surface area contributed by atoms with E-state index < -0.39 is 6.10 Å². The van der Waals surface area contributed by atoms with Crippen molar-refractivity contribution in [1.29, 1.82) is 0 Å². The predicted molar refractivity (Wildman–Crippen MR) is 101 cm³/mol. The van der Waals surface area contributed by atoms with Crippen molar-refractivity contribution in [3.8, 4) is 5.75 Å². The molecule has 1 aliphatic heterocycles. The van der Waals surface area contributed by atoms with Gasteiger partial charge in [0.05, 0.1) is 0 Å². The van der Waals surface area contributed by atoms with Gasteiger partial charge in [-0.3, -0.25) is 9.59 Å². The number of ether oxygens (including phenoxy) is 1. The van der Waals surface area contributed by atoms with Gasteiger partial charge in [-0.2, -0.15) is 0 Å². The number of fused-ring (bicyclic) bond motifs is 1. The van der Waals surface area contributed by atoms with Crippen LogP contribution in [0.4, 0.5) is 5.69 Å². The normalized spacial score (nSPS) is 14.4. The van der Waals surface area contributed by atoms with Crippen molar-refractivity contribution < 1.29 is 14.3 Å². The van der Waals surface area contributed by atoms with E-state index in [1.54, 1.807) is 25.1 Å². The topological polar surface area (TPSA) is 67.4 Å². The summed E-state index contributed by atoms with van der Waals surface area (Å²) in [4.78, 5) is 24.3. The zero-order chi connectivity index (χ0) is 18.9. The fourth-order valence-corrected chi connectivity index (χ4v) is 2.90. The van der Waals surface area contributed by atoms with E-state index in [1.807, 2.05) is 18.2 Å². The molecular weight excluding hydrogens is 328 g/mol. The molecule has 0 aromatic heterocycles. The van der Waals surface area contributed by atoms with E-state index in [4.69, 9.17) is 4.74 Å². The van der Waals surface area contributed by atoms with Crippen molar-refractivity contribution in [3.05, 3.63) is 59.2 Å². The van der Waals surface area contributed by atoms with E-state index in [0.717, 1.165) is 11.1 Å². The minimum atomic E-state index is -0.661. The van der Waals surface area contributed by atoms with Crippen LogP contribution in [-0.4, -0.2) is 17.9 Å². The molecule has 0 aliphatic carbocycles. The largest absolute Gasteiger partial charge is 0.481 e. The van der Waals surface area contributed by atoms with E-state index in [0.29, 0.717) is 23.5 Å². The molecule has 2 aromatic rings. The maximum atomic E-state index is 12.5. The molecule has 1 atom stereocenters. The van der Waals surface area contributed by atoms with Crippen molar-refractivity contribution in [1.82, 2.24) is 5.32 Å². The summed E-state index contributed by atoms with van der Waals surface area (Å²) in [6, 6.07) is 13.1. The van der Waals surface area contributed by atoms with Crippen LogP contribution >= 0.6 is 0 Å². The molecule has 0 bridgehead atoms. The van der Waals surface area contributed by atoms with E-state index in [1.165, 1.54) is 0 Å². The van der Waals surface area contributed by atoms with E-state index in [2.05, 4.69) is 37.5 Å². The number of rotatable bonds is 4. The molecule has 5 heteroatoms. The minimum Gasteiger partial charge on any atom is -0.481 e. The number of carbonyl (C=O) groups is 2. The van der Waals surface area contributed by atoms with Gasteiger partial charge in [0.15, 0.2) is 6.10 Å². The van der Waals surface area contributed by atoms with Crippen LogP contribution in [-0.2, 0) is 16.8 Å². The van der Waals surface area contributed by atoms with Crippen LogP contribution in [0.15, 0.2) is 42.5 Å². The second kappa shape index (κ2) is 6.83. The fourth-order valence-electron chi connectivity index (χ4n) is 2.90. The quantitative estimate of drug-likeness (QED) is 0.883. The number of amides is 2. The third-order valence-electron chi connectivity index (χ3n) is 4.49. The lowest BCUT2D eigenvalue weighted by molar-refractivity contribution is -0.122. The highest BCUT2D eigenvalue weighted by atomic mass is 16.5. The Kier molecular flexibility index (Phi) is 4.72. The number of hydrogen-bond acceptors (Lipinski definition) is 3. The Labute approximate surface area is 153 Å². The molecule has 1 heterocycles. The van der Waals surface area contributed by atoms with Gasteiger partial charge in [-0.1, -0.05) is 39.0 Å². The maximum Gasteiger partial charge on any atom is 0.265 e. The summed E-state index contributed by atoms with van der Waals surface area (Å²) in [5.41, 5.74) is 3.22. The van der Waals surface area contributed by atoms with Gasteiger partial charge in [0.2, 0.25) is 0 Å². The van der Waals surface area contributed by atoms with E-state index >= 15 is 0 Å². The Morgan fingerprint density at radius 2 is 1.92 bits per heavy atom. The molecular formula is C21H24N2O3. The second-order valence-corrected chi connectivity index (χ2v) is 7.54. The highest BCUT2D eigenvalue weighted by Gasteiger charge is 2.24. The highest BCUT2D eigenvalue weighted by Crippen LogP contribution is 2.27. The van der Waals surface area contributed by atoms with Crippen molar-refractivity contribution >= 4 is 17.5 Å². The van der Waals surface area contributed by atoms with Gasteiger partial charge in [-0.05, 0) is 42.2 Å². The molecule has 0 radical (unpaired) electrons. The first-order valence-corrected chi connectivity index (χ1v) is 8.74. The molecule has 3 rings (SSSR count). The third kappa shape index (κ3) is 3.72. The molecule has 5 nitrogen and oxygen atoms in total. The number of hydrogen-bond donors (Lipinski definition) is 2. The second-order valence-electron chi connectivity index (χ2n) is 7.54. The van der Waals surface area contributed by atoms with Crippen LogP contribution in [0.5, 0.6) is 5.75 Å². The van der Waals surface area contributed by atoms with Gasteiger partial charge < -0.3 is 15.4 Å². The predicted octanol–water partition coefficient (Wildman–Crippen LogP) is 3.63. The molecule has 0 unspecified atom stereocenters. The molecule has 136 valence electrons. The number of benzene rings is 2. The van der Waals surface area contributed by atoms with Crippen molar-refractivity contribution in [3.63, 3.8) is 0 Å². The van der Waals surface area contributed by atoms with Crippen molar-refractivity contribution in [2.45, 2.75) is 45.8 Å². The van der Waals surface area contributed by atoms with Crippen LogP contribution in [0.1, 0.15) is 49.2 Å². The Hall–Kier alpha value is -2.82. The van der Waals surface area contributed by atoms with Crippen LogP contribution in [0.3, 0.4) is 0 Å². The first kappa shape index (κ1) is 18.0. The van der Waals surface area contributed by atoms with Crippen LogP contribution < -0.4 is 15.4 Å². The monoisotopic (exact) mass is 352 g/mol. The zero-order valence-corrected chi connectivity index (χ0v) is 15.6. The van der Waals surface area contributed by atoms with Gasteiger partial charge in [0, 0.05) is 23.4 Å². The number of anilines is 1. The smallest absolute Gasteiger partial charge is 0.265 e. The van der Waals surface area contributed by atoms with Gasteiger partial charge in [0.1, 0.15) is 5.75 Å². The molecule has 0 fully saturated rings. The molecule has 2 N–H and O–H groups in total. The van der Waals surface area contributed by atoms with Gasteiger partial charge in [-0.25, -0.2) is 0 Å². The van der Waals surface area contributed by atoms with Crippen LogP contribution in [0, 0.1) is 0 Å². The van der Waals surface area contributed by atoms with E-state index in [-0.39, 0.29) is 17.2 Å². The Bertz CT molecular complexity index is 853. The van der Waals surface area contributed by atoms with Gasteiger partial charge in [0.25, 0.3) is 11.8 Å². The van der Waals surface area contributed by atoms with Crippen LogP contribution in [0.25, 0.3) is 0 Å². The first-order valence-electron chi connectivity index (χ1n) is 8.74. The maximum absolute atomic E-state index is 12.5. The molecule has 2 amide bonds. The Balaban J connectivity index is 1.71. The summed E-state index contributed by atoms with van der Waals surface area (Å²) in [5.74, 6) is 0.300. The molecule has 0 saturated carbocycles. The Morgan fingerprint density at radius 3 is 2.65 bits per heavy atom. The fraction of sp³-hybridized carbons (Fsp3) is 0.333. The van der Waals surface area contributed by atoms with E-state index in [9.17, 15) is 9.59 Å². The number of nitrogens with one attached hydrogen (secondary N) is 2. The third-order valence-corrected chi connectivity index (χ3v) is 4.49. The summed E-state index contributed by atoms with van der Waals surface area (Å²) in [7, 11) is 0. The first-order chi connectivity index (χ1) is 12.3. The summed E-state index contributed by atoms with van der Waals surface area (Å²) in [5, 5.41) is 5.64. The average molecular weight is 352 g/mol. The highest BCUT2D eigenvalue weighted by molar-refractivity contribution is 6.02. The molecule has 0 spiro atoms. The lowest BCUT2D eigenvalue weighted by Crippen LogP contribution is -2.30. The van der Waals surface area contributed by atoms with Crippen LogP contribution in [0.2, 0.25) is 0 Å².